The summed E-state index contributed by atoms with van der Waals surface area (Å²) in [5.74, 6) is 2.09. The number of rotatable bonds is 3. The summed E-state index contributed by atoms with van der Waals surface area (Å²) in [6, 6.07) is 8.03. The normalized spacial score (nSPS) is 19.5. The van der Waals surface area contributed by atoms with Crippen LogP contribution in [0.3, 0.4) is 0 Å². The molecule has 124 valence electrons. The first-order valence-corrected chi connectivity index (χ1v) is 10.1. The predicted octanol–water partition coefficient (Wildman–Crippen LogP) is 2.80. The van der Waals surface area contributed by atoms with Gasteiger partial charge in [-0.2, -0.15) is 0 Å². The third-order valence-electron chi connectivity index (χ3n) is 4.16. The molecule has 6 heteroatoms. The van der Waals surface area contributed by atoms with Crippen molar-refractivity contribution in [2.45, 2.75) is 12.2 Å². The number of benzene rings is 1. The summed E-state index contributed by atoms with van der Waals surface area (Å²) in [6.45, 7) is 4.62. The van der Waals surface area contributed by atoms with Gasteiger partial charge in [0.25, 0.3) is 5.91 Å². The fourth-order valence-electron chi connectivity index (χ4n) is 2.82. The second kappa shape index (κ2) is 8.22. The van der Waals surface area contributed by atoms with Gasteiger partial charge in [-0.1, -0.05) is 41.7 Å². The molecule has 0 saturated carbocycles. The molecule has 4 nitrogen and oxygen atoms in total. The minimum Gasteiger partial charge on any atom is -0.337 e. The van der Waals surface area contributed by atoms with E-state index in [4.69, 9.17) is 0 Å². The number of nitrogens with zero attached hydrogens (tertiary/aromatic N) is 3. The highest BCUT2D eigenvalue weighted by molar-refractivity contribution is 8.38. The van der Waals surface area contributed by atoms with Crippen LogP contribution >= 0.6 is 23.5 Å². The van der Waals surface area contributed by atoms with Gasteiger partial charge in [-0.05, 0) is 31.6 Å². The third-order valence-corrected chi connectivity index (χ3v) is 6.46. The van der Waals surface area contributed by atoms with E-state index in [0.29, 0.717) is 0 Å². The van der Waals surface area contributed by atoms with Crippen LogP contribution < -0.4 is 0 Å². The fourth-order valence-corrected chi connectivity index (χ4v) is 4.83. The summed E-state index contributed by atoms with van der Waals surface area (Å²) in [4.78, 5) is 21.7. The van der Waals surface area contributed by atoms with Gasteiger partial charge in [-0.15, -0.1) is 0 Å². The molecule has 0 aliphatic carbocycles. The zero-order chi connectivity index (χ0) is 16.1. The van der Waals surface area contributed by atoms with Crippen molar-refractivity contribution < 1.29 is 4.79 Å². The van der Waals surface area contributed by atoms with Crippen molar-refractivity contribution >= 4 is 33.8 Å². The molecule has 0 bridgehead atoms. The number of carbonyl (C=O) groups excluding carboxylic acids is 1. The van der Waals surface area contributed by atoms with Crippen LogP contribution in [-0.2, 0) is 5.75 Å². The van der Waals surface area contributed by atoms with Gasteiger partial charge in [0, 0.05) is 36.7 Å². The lowest BCUT2D eigenvalue weighted by molar-refractivity contribution is 0.0762. The molecule has 1 saturated heterocycles. The lowest BCUT2D eigenvalue weighted by Crippen LogP contribution is -2.35. The zero-order valence-electron chi connectivity index (χ0n) is 13.5. The highest BCUT2D eigenvalue weighted by atomic mass is 32.2. The Labute approximate surface area is 146 Å². The van der Waals surface area contributed by atoms with Gasteiger partial charge in [0.15, 0.2) is 0 Å². The zero-order valence-corrected chi connectivity index (χ0v) is 15.2. The Balaban J connectivity index is 1.69. The Morgan fingerprint density at radius 2 is 2.13 bits per heavy atom. The number of aliphatic imine (C=N–C) groups is 1. The number of carbonyl (C=O) groups is 1. The number of hydrogen-bond donors (Lipinski definition) is 0. The van der Waals surface area contributed by atoms with Crippen LogP contribution in [0.4, 0.5) is 0 Å². The quantitative estimate of drug-likeness (QED) is 0.841. The van der Waals surface area contributed by atoms with Gasteiger partial charge >= 0.3 is 0 Å². The Hall–Kier alpha value is -0.980. The van der Waals surface area contributed by atoms with Crippen LogP contribution in [0.25, 0.3) is 0 Å². The summed E-state index contributed by atoms with van der Waals surface area (Å²) in [5, 5.41) is 0. The van der Waals surface area contributed by atoms with Gasteiger partial charge in [-0.25, -0.2) is 0 Å². The molecule has 2 aliphatic heterocycles. The molecule has 0 radical (unpaired) electrons. The Morgan fingerprint density at radius 3 is 2.96 bits per heavy atom. The van der Waals surface area contributed by atoms with Gasteiger partial charge in [0.1, 0.15) is 4.38 Å². The first kappa shape index (κ1) is 16.9. The number of amides is 1. The fraction of sp³-hybridized carbons (Fsp3) is 0.529. The van der Waals surface area contributed by atoms with Crippen LogP contribution in [0.2, 0.25) is 0 Å². The van der Waals surface area contributed by atoms with Crippen LogP contribution in [0.15, 0.2) is 29.3 Å². The van der Waals surface area contributed by atoms with E-state index in [-0.39, 0.29) is 5.91 Å². The van der Waals surface area contributed by atoms with Crippen LogP contribution in [-0.4, -0.2) is 65.6 Å². The van der Waals surface area contributed by atoms with E-state index in [2.05, 4.69) is 23.0 Å². The van der Waals surface area contributed by atoms with E-state index in [0.717, 1.165) is 66.2 Å². The monoisotopic (exact) mass is 349 g/mol. The minimum atomic E-state index is 0.178. The molecule has 0 unspecified atom stereocenters. The molecule has 0 atom stereocenters. The van der Waals surface area contributed by atoms with E-state index in [1.807, 2.05) is 34.9 Å². The van der Waals surface area contributed by atoms with E-state index in [1.165, 1.54) is 0 Å². The first-order valence-electron chi connectivity index (χ1n) is 8.10. The second-order valence-electron chi connectivity index (χ2n) is 5.89. The molecule has 1 aromatic rings. The average molecular weight is 350 g/mol. The summed E-state index contributed by atoms with van der Waals surface area (Å²) in [7, 11) is 2.12. The number of likely N-dealkylation sites (N-methyl/N-ethyl adjacent to an activating group) is 1. The molecular formula is C17H23N3OS2. The van der Waals surface area contributed by atoms with Gasteiger partial charge in [0.05, 0.1) is 6.54 Å². The van der Waals surface area contributed by atoms with Crippen molar-refractivity contribution in [3.05, 3.63) is 35.4 Å². The van der Waals surface area contributed by atoms with E-state index >= 15 is 0 Å². The molecule has 1 amide bonds. The van der Waals surface area contributed by atoms with Gasteiger partial charge in [-0.3, -0.25) is 9.79 Å². The standard InChI is InChI=1S/C17H23N3OS2/c1-19-8-4-9-20(11-10-19)16(21)15-6-3-2-5-14(15)13-23-17-18-7-12-22-17/h2-3,5-6H,4,7-13H2,1H3. The summed E-state index contributed by atoms with van der Waals surface area (Å²) in [6.07, 6.45) is 1.05. The lowest BCUT2D eigenvalue weighted by Gasteiger charge is -2.22. The molecule has 0 aromatic heterocycles. The van der Waals surface area contributed by atoms with Crippen molar-refractivity contribution in [1.29, 1.82) is 0 Å². The molecule has 2 heterocycles. The predicted molar refractivity (Wildman–Crippen MR) is 101 cm³/mol. The average Bonchev–Trinajstić information content (AvgIpc) is 3.00. The summed E-state index contributed by atoms with van der Waals surface area (Å²) < 4.78 is 1.16. The van der Waals surface area contributed by atoms with Crippen molar-refractivity contribution in [2.24, 2.45) is 4.99 Å². The van der Waals surface area contributed by atoms with E-state index < -0.39 is 0 Å². The maximum atomic E-state index is 12.9. The summed E-state index contributed by atoms with van der Waals surface area (Å²) in [5.41, 5.74) is 1.98. The van der Waals surface area contributed by atoms with Crippen molar-refractivity contribution in [3.63, 3.8) is 0 Å². The van der Waals surface area contributed by atoms with Gasteiger partial charge in [0.2, 0.25) is 0 Å². The molecule has 1 fully saturated rings. The Bertz CT molecular complexity index is 591. The van der Waals surface area contributed by atoms with E-state index in [1.54, 1.807) is 11.8 Å². The van der Waals surface area contributed by atoms with Crippen LogP contribution in [0, 0.1) is 0 Å². The third kappa shape index (κ3) is 4.52. The highest BCUT2D eigenvalue weighted by Gasteiger charge is 2.21. The van der Waals surface area contributed by atoms with Crippen molar-refractivity contribution in [3.8, 4) is 0 Å². The number of hydrogen-bond acceptors (Lipinski definition) is 5. The van der Waals surface area contributed by atoms with Crippen LogP contribution in [0.5, 0.6) is 0 Å². The second-order valence-corrected chi connectivity index (χ2v) is 8.20. The molecule has 0 N–H and O–H groups in total. The van der Waals surface area contributed by atoms with E-state index in [9.17, 15) is 4.79 Å². The molecular weight excluding hydrogens is 326 g/mol. The molecule has 23 heavy (non-hydrogen) atoms. The maximum absolute atomic E-state index is 12.9. The van der Waals surface area contributed by atoms with Gasteiger partial charge < -0.3 is 9.80 Å². The molecule has 1 aromatic carbocycles. The first-order chi connectivity index (χ1) is 11.2. The lowest BCUT2D eigenvalue weighted by atomic mass is 10.1. The molecule has 0 spiro atoms. The van der Waals surface area contributed by atoms with Crippen molar-refractivity contribution in [2.75, 3.05) is 45.5 Å². The molecule has 2 aliphatic rings. The SMILES string of the molecule is CN1CCCN(C(=O)c2ccccc2CSC2=NCCS2)CC1. The topological polar surface area (TPSA) is 35.9 Å². The Morgan fingerprint density at radius 1 is 1.26 bits per heavy atom. The Kier molecular flexibility index (Phi) is 6.02. The largest absolute Gasteiger partial charge is 0.337 e. The highest BCUT2D eigenvalue weighted by Crippen LogP contribution is 2.27. The van der Waals surface area contributed by atoms with Crippen molar-refractivity contribution in [1.82, 2.24) is 9.80 Å². The maximum Gasteiger partial charge on any atom is 0.254 e. The smallest absolute Gasteiger partial charge is 0.254 e. The molecule has 3 rings (SSSR count). The summed E-state index contributed by atoms with van der Waals surface area (Å²) >= 11 is 3.57. The van der Waals surface area contributed by atoms with Crippen LogP contribution in [0.1, 0.15) is 22.3 Å². The minimum absolute atomic E-state index is 0.178. The number of thioether (sulfide) groups is 2.